The Hall–Kier alpha value is -0.180. The number of rotatable bonds is 3. The van der Waals surface area contributed by atoms with Crippen molar-refractivity contribution in [2.24, 2.45) is 0 Å². The first-order valence-corrected chi connectivity index (χ1v) is 3.88. The van der Waals surface area contributed by atoms with Crippen molar-refractivity contribution in [2.45, 2.75) is 6.92 Å². The van der Waals surface area contributed by atoms with Gasteiger partial charge < -0.3 is 9.05 Å². The molecule has 9 heavy (non-hydrogen) atoms. The lowest BCUT2D eigenvalue weighted by Crippen LogP contribution is -1.96. The van der Waals surface area contributed by atoms with Gasteiger partial charge in [-0.3, -0.25) is 9.97 Å². The molecule has 5 heteroatoms. The van der Waals surface area contributed by atoms with Crippen LogP contribution in [-0.4, -0.2) is 19.7 Å². The lowest BCUT2D eigenvalue weighted by molar-refractivity contribution is 0.290. The highest BCUT2D eigenvalue weighted by Gasteiger charge is 2.23. The van der Waals surface area contributed by atoms with Gasteiger partial charge in [0, 0.05) is 14.2 Å². The predicted octanol–water partition coefficient (Wildman–Crippen LogP) is 1.47. The smallest absolute Gasteiger partial charge is 0.308 e. The molecule has 0 fully saturated rings. The molecule has 0 rings (SSSR count). The molecule has 0 spiro atoms. The van der Waals surface area contributed by atoms with E-state index in [0.29, 0.717) is 0 Å². The van der Waals surface area contributed by atoms with Gasteiger partial charge in [0.25, 0.3) is 0 Å². The Kier molecular flexibility index (Phi) is 3.04. The maximum atomic E-state index is 11.0. The Morgan fingerprint density at radius 3 is 1.78 bits per heavy atom. The third kappa shape index (κ3) is 1.90. The molecule has 0 saturated heterocycles. The highest BCUT2D eigenvalue weighted by molar-refractivity contribution is 7.71. The number of nitrogens with one attached hydrogen (secondary N) is 1. The topological polar surface area (TPSA) is 59.4 Å². The first-order valence-electron chi connectivity index (χ1n) is 2.34. The monoisotopic (exact) mass is 151 g/mol. The zero-order valence-corrected chi connectivity index (χ0v) is 6.57. The van der Waals surface area contributed by atoms with Crippen molar-refractivity contribution < 1.29 is 13.6 Å². The van der Waals surface area contributed by atoms with Crippen LogP contribution in [0.3, 0.4) is 0 Å². The predicted molar refractivity (Wildman–Crippen MR) is 35.0 cm³/mol. The summed E-state index contributed by atoms with van der Waals surface area (Å²) >= 11 is 0. The molecule has 4 nitrogen and oxygen atoms in total. The summed E-state index contributed by atoms with van der Waals surface area (Å²) in [6.07, 6.45) is 0. The summed E-state index contributed by atoms with van der Waals surface area (Å²) in [5.74, 6) is 0. The Morgan fingerprint density at radius 2 is 1.78 bits per heavy atom. The van der Waals surface area contributed by atoms with E-state index >= 15 is 0 Å². The van der Waals surface area contributed by atoms with Gasteiger partial charge in [-0.25, -0.2) is 0 Å². The third-order valence-corrected chi connectivity index (χ3v) is 2.67. The maximum Gasteiger partial charge on any atom is 0.373 e. The van der Waals surface area contributed by atoms with E-state index in [-0.39, 0.29) is 5.45 Å². The second-order valence-electron chi connectivity index (χ2n) is 1.45. The minimum absolute atomic E-state index is 0.0764. The average molecular weight is 151 g/mol. The van der Waals surface area contributed by atoms with Gasteiger partial charge in [-0.15, -0.1) is 0 Å². The van der Waals surface area contributed by atoms with Crippen LogP contribution in [0.25, 0.3) is 0 Å². The van der Waals surface area contributed by atoms with E-state index in [4.69, 9.17) is 5.41 Å². The molecule has 0 saturated carbocycles. The highest BCUT2D eigenvalue weighted by atomic mass is 31.2. The molecule has 0 atom stereocenters. The standard InChI is InChI=1S/C4H10NO3P/c1-4(5)9(6,7-2)8-3/h5H,1-3H3. The number of hydrogen-bond acceptors (Lipinski definition) is 4. The van der Waals surface area contributed by atoms with Crippen LogP contribution >= 0.6 is 7.60 Å². The second-order valence-corrected chi connectivity index (χ2v) is 3.84. The van der Waals surface area contributed by atoms with E-state index in [9.17, 15) is 4.57 Å². The second kappa shape index (κ2) is 3.11. The molecule has 0 aromatic carbocycles. The van der Waals surface area contributed by atoms with Gasteiger partial charge in [0.15, 0.2) is 0 Å². The van der Waals surface area contributed by atoms with Crippen molar-refractivity contribution in [3.63, 3.8) is 0 Å². The Morgan fingerprint density at radius 1 is 1.44 bits per heavy atom. The van der Waals surface area contributed by atoms with Gasteiger partial charge in [0.05, 0.1) is 0 Å². The fourth-order valence-corrected chi connectivity index (χ4v) is 1.05. The van der Waals surface area contributed by atoms with Crippen molar-refractivity contribution in [3.8, 4) is 0 Å². The fourth-order valence-electron chi connectivity index (χ4n) is 0.348. The Labute approximate surface area is 54.2 Å². The van der Waals surface area contributed by atoms with E-state index in [2.05, 4.69) is 9.05 Å². The van der Waals surface area contributed by atoms with Crippen molar-refractivity contribution in [1.82, 2.24) is 0 Å². The van der Waals surface area contributed by atoms with Gasteiger partial charge in [0.1, 0.15) is 5.45 Å². The third-order valence-electron chi connectivity index (χ3n) is 0.892. The van der Waals surface area contributed by atoms with E-state index in [0.717, 1.165) is 0 Å². The van der Waals surface area contributed by atoms with Crippen LogP contribution in [0.4, 0.5) is 0 Å². The molecule has 0 aliphatic carbocycles. The summed E-state index contributed by atoms with van der Waals surface area (Å²) < 4.78 is 19.9. The van der Waals surface area contributed by atoms with Crippen molar-refractivity contribution in [1.29, 1.82) is 5.41 Å². The molecule has 0 aliphatic heterocycles. The van der Waals surface area contributed by atoms with Crippen molar-refractivity contribution in [3.05, 3.63) is 0 Å². The summed E-state index contributed by atoms with van der Waals surface area (Å²) in [6.45, 7) is 1.38. The largest absolute Gasteiger partial charge is 0.373 e. The van der Waals surface area contributed by atoms with Crippen LogP contribution in [0, 0.1) is 5.41 Å². The van der Waals surface area contributed by atoms with Gasteiger partial charge >= 0.3 is 7.60 Å². The molecule has 0 aliphatic rings. The van der Waals surface area contributed by atoms with E-state index < -0.39 is 7.60 Å². The summed E-state index contributed by atoms with van der Waals surface area (Å²) in [4.78, 5) is 0. The summed E-state index contributed by atoms with van der Waals surface area (Å²) in [7, 11) is -0.665. The summed E-state index contributed by atoms with van der Waals surface area (Å²) in [5.41, 5.74) is -0.0764. The maximum absolute atomic E-state index is 11.0. The van der Waals surface area contributed by atoms with Crippen molar-refractivity contribution in [2.75, 3.05) is 14.2 Å². The van der Waals surface area contributed by atoms with Crippen LogP contribution in [0.1, 0.15) is 6.92 Å². The van der Waals surface area contributed by atoms with E-state index in [1.165, 1.54) is 21.1 Å². The molecule has 0 aromatic rings. The normalized spacial score (nSPS) is 11.4. The molecule has 0 bridgehead atoms. The van der Waals surface area contributed by atoms with Crippen LogP contribution < -0.4 is 0 Å². The SMILES string of the molecule is COP(=O)(OC)C(C)=N. The first-order chi connectivity index (χ1) is 4.06. The van der Waals surface area contributed by atoms with E-state index in [1.54, 1.807) is 0 Å². The zero-order valence-electron chi connectivity index (χ0n) is 5.67. The minimum atomic E-state index is -3.17. The number of hydrogen-bond donors (Lipinski definition) is 1. The molecule has 0 aromatic heterocycles. The lowest BCUT2D eigenvalue weighted by atomic mass is 10.9. The molecular weight excluding hydrogens is 141 g/mol. The minimum Gasteiger partial charge on any atom is -0.308 e. The molecule has 0 unspecified atom stereocenters. The van der Waals surface area contributed by atoms with Gasteiger partial charge in [-0.1, -0.05) is 0 Å². The Bertz CT molecular complexity index is 148. The van der Waals surface area contributed by atoms with E-state index in [1.807, 2.05) is 0 Å². The lowest BCUT2D eigenvalue weighted by Gasteiger charge is -2.10. The van der Waals surface area contributed by atoms with Gasteiger partial charge in [-0.05, 0) is 6.92 Å². The van der Waals surface area contributed by atoms with Gasteiger partial charge in [-0.2, -0.15) is 0 Å². The fraction of sp³-hybridized carbons (Fsp3) is 0.750. The summed E-state index contributed by atoms with van der Waals surface area (Å²) in [5, 5.41) is 6.94. The molecule has 0 radical (unpaired) electrons. The molecule has 0 amide bonds. The molecule has 54 valence electrons. The van der Waals surface area contributed by atoms with Crippen LogP contribution in [0.2, 0.25) is 0 Å². The first kappa shape index (κ1) is 8.82. The highest BCUT2D eigenvalue weighted by Crippen LogP contribution is 2.46. The molecule has 1 N–H and O–H groups in total. The van der Waals surface area contributed by atoms with Crippen LogP contribution in [0.15, 0.2) is 0 Å². The zero-order chi connectivity index (χ0) is 7.49. The Balaban J connectivity index is 4.30. The average Bonchev–Trinajstić information content (AvgIpc) is 1.86. The quantitative estimate of drug-likeness (QED) is 0.490. The van der Waals surface area contributed by atoms with Crippen molar-refractivity contribution >= 4 is 13.0 Å². The van der Waals surface area contributed by atoms with Crippen LogP contribution in [0.5, 0.6) is 0 Å². The molecule has 0 heterocycles. The molecular formula is C4H10NO3P. The van der Waals surface area contributed by atoms with Crippen LogP contribution in [-0.2, 0) is 13.6 Å². The summed E-state index contributed by atoms with van der Waals surface area (Å²) in [6, 6.07) is 0. The van der Waals surface area contributed by atoms with Gasteiger partial charge in [0.2, 0.25) is 0 Å².